The molecule has 1 aromatic heterocycles. The van der Waals surface area contributed by atoms with Crippen LogP contribution >= 0.6 is 11.5 Å². The molecule has 4 rings (SSSR count). The van der Waals surface area contributed by atoms with Gasteiger partial charge in [-0.1, -0.05) is 49.6 Å². The first-order valence-electron chi connectivity index (χ1n) is 8.66. The number of halogens is 1. The predicted molar refractivity (Wildman–Crippen MR) is 99.3 cm³/mol. The molecule has 0 radical (unpaired) electrons. The van der Waals surface area contributed by atoms with E-state index in [1.165, 1.54) is 49.2 Å². The lowest BCUT2D eigenvalue weighted by atomic mass is 9.84. The van der Waals surface area contributed by atoms with Gasteiger partial charge in [-0.25, -0.2) is 0 Å². The Balaban J connectivity index is 0.00000182. The van der Waals surface area contributed by atoms with Crippen LogP contribution in [0.3, 0.4) is 0 Å². The summed E-state index contributed by atoms with van der Waals surface area (Å²) < 4.78 is 2.12. The Hall–Kier alpha value is -1.91. The highest BCUT2D eigenvalue weighted by molar-refractivity contribution is 7.05. The van der Waals surface area contributed by atoms with Crippen LogP contribution in [-0.2, 0) is 0 Å². The first kappa shape index (κ1) is 17.9. The molecule has 25 heavy (non-hydrogen) atoms. The second-order valence-corrected chi connectivity index (χ2v) is 7.42. The highest BCUT2D eigenvalue weighted by Crippen LogP contribution is 2.32. The van der Waals surface area contributed by atoms with E-state index < -0.39 is 0 Å². The van der Waals surface area contributed by atoms with Gasteiger partial charge in [-0.05, 0) is 53.6 Å². The number of nitrogens with two attached hydrogens (primary N) is 1. The first-order valence-corrected chi connectivity index (χ1v) is 9.43. The molecule has 0 aliphatic heterocycles. The van der Waals surface area contributed by atoms with Gasteiger partial charge in [0.1, 0.15) is 17.2 Å². The smallest absolute Gasteiger partial charge is 0.350 e. The largest absolute Gasteiger partial charge is 1.00 e. The van der Waals surface area contributed by atoms with Crippen molar-refractivity contribution < 1.29 is 16.4 Å². The SMILES string of the molecule is Nc1nc(-c2ccccc2)[n+](-c2ccc(C3CCCCC3)cc2)s1.[Cl-]. The van der Waals surface area contributed by atoms with Crippen molar-refractivity contribution in [2.24, 2.45) is 0 Å². The Labute approximate surface area is 159 Å². The van der Waals surface area contributed by atoms with Crippen LogP contribution in [0.25, 0.3) is 17.1 Å². The summed E-state index contributed by atoms with van der Waals surface area (Å²) in [7, 11) is 0. The molecule has 0 spiro atoms. The summed E-state index contributed by atoms with van der Waals surface area (Å²) >= 11 is 1.49. The molecule has 0 unspecified atom stereocenters. The maximum atomic E-state index is 5.99. The molecule has 0 bridgehead atoms. The van der Waals surface area contributed by atoms with Crippen LogP contribution in [0.4, 0.5) is 5.13 Å². The Morgan fingerprint density at radius 3 is 2.28 bits per heavy atom. The molecule has 3 nitrogen and oxygen atoms in total. The summed E-state index contributed by atoms with van der Waals surface area (Å²) in [4.78, 5) is 4.53. The van der Waals surface area contributed by atoms with Gasteiger partial charge < -0.3 is 18.1 Å². The van der Waals surface area contributed by atoms with E-state index in [0.717, 1.165) is 23.0 Å². The van der Waals surface area contributed by atoms with Crippen molar-refractivity contribution in [2.45, 2.75) is 38.0 Å². The Morgan fingerprint density at radius 2 is 1.60 bits per heavy atom. The van der Waals surface area contributed by atoms with Crippen molar-refractivity contribution >= 4 is 16.7 Å². The highest BCUT2D eigenvalue weighted by Gasteiger charge is 2.23. The molecule has 0 saturated heterocycles. The maximum Gasteiger partial charge on any atom is 0.350 e. The van der Waals surface area contributed by atoms with Gasteiger partial charge >= 0.3 is 11.0 Å². The average Bonchev–Trinajstić information content (AvgIpc) is 3.05. The fraction of sp³-hybridized carbons (Fsp3) is 0.300. The summed E-state index contributed by atoms with van der Waals surface area (Å²) in [5.74, 6) is 1.64. The summed E-state index contributed by atoms with van der Waals surface area (Å²) in [6.07, 6.45) is 6.78. The number of benzene rings is 2. The van der Waals surface area contributed by atoms with Crippen LogP contribution in [0, 0.1) is 0 Å². The minimum atomic E-state index is 0. The zero-order chi connectivity index (χ0) is 16.4. The lowest BCUT2D eigenvalue weighted by molar-refractivity contribution is -0.509. The number of nitrogen functional groups attached to an aromatic ring is 1. The molecule has 0 atom stereocenters. The lowest BCUT2D eigenvalue weighted by Crippen LogP contribution is -3.00. The van der Waals surface area contributed by atoms with E-state index in [-0.39, 0.29) is 12.4 Å². The van der Waals surface area contributed by atoms with Crippen molar-refractivity contribution in [3.05, 3.63) is 60.2 Å². The monoisotopic (exact) mass is 371 g/mol. The molecule has 1 fully saturated rings. The van der Waals surface area contributed by atoms with Crippen molar-refractivity contribution in [2.75, 3.05) is 5.73 Å². The summed E-state index contributed by atoms with van der Waals surface area (Å²) in [6.45, 7) is 0. The van der Waals surface area contributed by atoms with Crippen molar-refractivity contribution in [1.82, 2.24) is 4.98 Å². The van der Waals surface area contributed by atoms with E-state index in [0.29, 0.717) is 5.13 Å². The molecule has 1 aliphatic carbocycles. The molecular weight excluding hydrogens is 350 g/mol. The maximum absolute atomic E-state index is 5.99. The standard InChI is InChI=1S/C20H21N3S.ClH/c21-20-22-19(17-9-5-2-6-10-17)23(24-20)18-13-11-16(12-14-18)15-7-3-1-4-8-15;/h2,5-6,9-15,21H,1,3-4,7-8H2;1H. The Bertz CT molecular complexity index is 809. The summed E-state index contributed by atoms with van der Waals surface area (Å²) in [6, 6.07) is 19.2. The molecule has 2 aromatic carbocycles. The van der Waals surface area contributed by atoms with Crippen LogP contribution in [0.1, 0.15) is 43.6 Å². The first-order chi connectivity index (χ1) is 11.8. The normalized spacial score (nSPS) is 14.9. The van der Waals surface area contributed by atoms with Crippen LogP contribution in [0.15, 0.2) is 54.6 Å². The summed E-state index contributed by atoms with van der Waals surface area (Å²) in [5, 5.41) is 0.588. The van der Waals surface area contributed by atoms with Crippen LogP contribution < -0.4 is 22.1 Å². The van der Waals surface area contributed by atoms with Gasteiger partial charge in [0.25, 0.3) is 0 Å². The highest BCUT2D eigenvalue weighted by atomic mass is 35.5. The fourth-order valence-corrected chi connectivity index (χ4v) is 4.34. The van der Waals surface area contributed by atoms with E-state index in [1.54, 1.807) is 0 Å². The quantitative estimate of drug-likeness (QED) is 0.712. The molecule has 5 heteroatoms. The fourth-order valence-electron chi connectivity index (χ4n) is 3.57. The predicted octanol–water partition coefficient (Wildman–Crippen LogP) is 1.72. The molecule has 130 valence electrons. The molecule has 0 amide bonds. The lowest BCUT2D eigenvalue weighted by Gasteiger charge is -2.21. The van der Waals surface area contributed by atoms with Gasteiger partial charge in [0, 0.05) is 0 Å². The topological polar surface area (TPSA) is 42.8 Å². The number of anilines is 1. The van der Waals surface area contributed by atoms with Gasteiger partial charge in [0.2, 0.25) is 0 Å². The molecule has 1 saturated carbocycles. The van der Waals surface area contributed by atoms with E-state index in [9.17, 15) is 0 Å². The van der Waals surface area contributed by atoms with Gasteiger partial charge in [-0.3, -0.25) is 0 Å². The summed E-state index contributed by atoms with van der Waals surface area (Å²) in [5.41, 5.74) is 9.67. The van der Waals surface area contributed by atoms with Gasteiger partial charge in [0.15, 0.2) is 0 Å². The van der Waals surface area contributed by atoms with Gasteiger partial charge in [-0.2, -0.15) is 0 Å². The number of aromatic nitrogens is 2. The second kappa shape index (κ2) is 7.98. The number of hydrogen-bond acceptors (Lipinski definition) is 3. The number of nitrogens with zero attached hydrogens (tertiary/aromatic N) is 2. The molecular formula is C20H22ClN3S. The molecule has 1 heterocycles. The van der Waals surface area contributed by atoms with Gasteiger partial charge in [0.05, 0.1) is 5.56 Å². The third kappa shape index (κ3) is 3.86. The van der Waals surface area contributed by atoms with Crippen LogP contribution in [-0.4, -0.2) is 4.98 Å². The third-order valence-corrected chi connectivity index (χ3v) is 5.67. The Kier molecular flexibility index (Phi) is 5.71. The van der Waals surface area contributed by atoms with Crippen molar-refractivity contribution in [3.8, 4) is 17.1 Å². The van der Waals surface area contributed by atoms with Gasteiger partial charge in [-0.15, -0.1) is 3.96 Å². The molecule has 3 aromatic rings. The van der Waals surface area contributed by atoms with E-state index >= 15 is 0 Å². The van der Waals surface area contributed by atoms with E-state index in [2.05, 4.69) is 45.3 Å². The van der Waals surface area contributed by atoms with Crippen molar-refractivity contribution in [3.63, 3.8) is 0 Å². The minimum Gasteiger partial charge on any atom is -1.00 e. The number of hydrogen-bond donors (Lipinski definition) is 1. The van der Waals surface area contributed by atoms with Crippen LogP contribution in [0.5, 0.6) is 0 Å². The number of rotatable bonds is 3. The van der Waals surface area contributed by atoms with E-state index in [4.69, 9.17) is 5.73 Å². The average molecular weight is 372 g/mol. The van der Waals surface area contributed by atoms with Crippen LogP contribution in [0.2, 0.25) is 0 Å². The molecule has 1 aliphatic rings. The molecule has 2 N–H and O–H groups in total. The van der Waals surface area contributed by atoms with Crippen molar-refractivity contribution in [1.29, 1.82) is 0 Å². The Morgan fingerprint density at radius 1 is 0.920 bits per heavy atom. The third-order valence-electron chi connectivity index (χ3n) is 4.83. The minimum absolute atomic E-state index is 0. The zero-order valence-corrected chi connectivity index (χ0v) is 15.6. The van der Waals surface area contributed by atoms with E-state index in [1.807, 2.05) is 18.2 Å². The zero-order valence-electron chi connectivity index (χ0n) is 14.1. The second-order valence-electron chi connectivity index (χ2n) is 6.45.